The third-order valence-corrected chi connectivity index (χ3v) is 4.76. The van der Waals surface area contributed by atoms with Crippen molar-refractivity contribution in [3.8, 4) is 5.75 Å². The van der Waals surface area contributed by atoms with Crippen molar-refractivity contribution in [1.82, 2.24) is 10.2 Å². The second-order valence-electron chi connectivity index (χ2n) is 4.35. The molecule has 0 amide bonds. The highest BCUT2D eigenvalue weighted by atomic mass is 32.2. The van der Waals surface area contributed by atoms with E-state index in [1.54, 1.807) is 24.3 Å². The van der Waals surface area contributed by atoms with E-state index in [-0.39, 0.29) is 11.4 Å². The molecule has 0 fully saturated rings. The molecule has 0 saturated carbocycles. The van der Waals surface area contributed by atoms with Gasteiger partial charge in [0.2, 0.25) is 0 Å². The predicted octanol–water partition coefficient (Wildman–Crippen LogP) is 0.962. The number of nitrogens with zero attached hydrogens (tertiary/aromatic N) is 2. The van der Waals surface area contributed by atoms with Crippen LogP contribution in [0.25, 0.3) is 0 Å². The smallest absolute Gasteiger partial charge is 0.267 e. The average molecular weight is 310 g/mol. The van der Waals surface area contributed by atoms with Gasteiger partial charge >= 0.3 is 0 Å². The van der Waals surface area contributed by atoms with Gasteiger partial charge in [-0.1, -0.05) is 6.07 Å². The maximum absolute atomic E-state index is 12.7. The zero-order valence-electron chi connectivity index (χ0n) is 11.7. The highest BCUT2D eigenvalue weighted by Gasteiger charge is 2.25. The first-order chi connectivity index (χ1) is 10.1. The van der Waals surface area contributed by atoms with E-state index in [9.17, 15) is 8.42 Å². The van der Waals surface area contributed by atoms with Crippen LogP contribution in [0.3, 0.4) is 0 Å². The summed E-state index contributed by atoms with van der Waals surface area (Å²) in [5.41, 5.74) is 6.04. The van der Waals surface area contributed by atoms with E-state index in [0.717, 1.165) is 0 Å². The molecule has 0 saturated heterocycles. The zero-order valence-corrected chi connectivity index (χ0v) is 12.5. The Hall–Kier alpha value is -2.06. The number of nitrogens with two attached hydrogens (primary N) is 1. The number of rotatable bonds is 7. The Morgan fingerprint density at radius 2 is 2.24 bits per heavy atom. The molecule has 1 aromatic heterocycles. The molecular weight excluding hydrogens is 292 g/mol. The van der Waals surface area contributed by atoms with Gasteiger partial charge in [-0.05, 0) is 25.1 Å². The molecule has 0 bridgehead atoms. The molecule has 0 aliphatic heterocycles. The molecule has 21 heavy (non-hydrogen) atoms. The summed E-state index contributed by atoms with van der Waals surface area (Å²) >= 11 is 0. The molecule has 7 nitrogen and oxygen atoms in total. The molecule has 3 N–H and O–H groups in total. The average Bonchev–Trinajstić information content (AvgIpc) is 3.03. The molecule has 0 radical (unpaired) electrons. The van der Waals surface area contributed by atoms with E-state index in [4.69, 9.17) is 10.5 Å². The Morgan fingerprint density at radius 1 is 1.43 bits per heavy atom. The van der Waals surface area contributed by atoms with Crippen molar-refractivity contribution in [2.75, 3.05) is 24.5 Å². The van der Waals surface area contributed by atoms with Crippen LogP contribution in [0.4, 0.5) is 5.69 Å². The fourth-order valence-corrected chi connectivity index (χ4v) is 3.30. The lowest BCUT2D eigenvalue weighted by Crippen LogP contribution is -2.32. The Bertz CT molecular complexity index is 670. The molecule has 0 unspecified atom stereocenters. The predicted molar refractivity (Wildman–Crippen MR) is 79.8 cm³/mol. The number of nitrogens with one attached hydrogen (secondary N) is 1. The van der Waals surface area contributed by atoms with Gasteiger partial charge in [-0.15, -0.1) is 0 Å². The van der Waals surface area contributed by atoms with E-state index in [0.29, 0.717) is 24.4 Å². The van der Waals surface area contributed by atoms with Crippen molar-refractivity contribution in [2.24, 2.45) is 5.73 Å². The SMILES string of the molecule is COc1cccc(N(CCCN)S(=O)(=O)c2cn[nH]c2)c1. The van der Waals surface area contributed by atoms with Crippen LogP contribution >= 0.6 is 0 Å². The normalized spacial score (nSPS) is 11.3. The molecule has 0 atom stereocenters. The Kier molecular flexibility index (Phi) is 4.81. The molecule has 2 rings (SSSR count). The number of hydrogen-bond acceptors (Lipinski definition) is 5. The Labute approximate surface area is 123 Å². The number of aromatic nitrogens is 2. The molecule has 0 aliphatic carbocycles. The molecule has 0 aliphatic rings. The van der Waals surface area contributed by atoms with Gasteiger partial charge in [-0.25, -0.2) is 8.42 Å². The first-order valence-corrected chi connectivity index (χ1v) is 7.89. The second-order valence-corrected chi connectivity index (χ2v) is 6.22. The number of hydrogen-bond donors (Lipinski definition) is 2. The molecule has 0 spiro atoms. The first kappa shape index (κ1) is 15.3. The lowest BCUT2D eigenvalue weighted by atomic mass is 10.3. The number of ether oxygens (including phenoxy) is 1. The van der Waals surface area contributed by atoms with Crippen LogP contribution in [-0.2, 0) is 10.0 Å². The van der Waals surface area contributed by atoms with E-state index in [1.807, 2.05) is 0 Å². The van der Waals surface area contributed by atoms with Crippen LogP contribution in [0.1, 0.15) is 6.42 Å². The largest absolute Gasteiger partial charge is 0.497 e. The fourth-order valence-electron chi connectivity index (χ4n) is 1.90. The maximum Gasteiger partial charge on any atom is 0.267 e. The van der Waals surface area contributed by atoms with E-state index < -0.39 is 10.0 Å². The summed E-state index contributed by atoms with van der Waals surface area (Å²) in [6.07, 6.45) is 3.18. The van der Waals surface area contributed by atoms with E-state index in [2.05, 4.69) is 10.2 Å². The second kappa shape index (κ2) is 6.59. The standard InChI is InChI=1S/C13H18N4O3S/c1-20-12-5-2-4-11(8-12)17(7-3-6-14)21(18,19)13-9-15-16-10-13/h2,4-5,8-10H,3,6-7,14H2,1H3,(H,15,16). The lowest BCUT2D eigenvalue weighted by molar-refractivity contribution is 0.415. The highest BCUT2D eigenvalue weighted by molar-refractivity contribution is 7.92. The summed E-state index contributed by atoms with van der Waals surface area (Å²) in [6.45, 7) is 0.693. The van der Waals surface area contributed by atoms with Gasteiger partial charge in [0.05, 0.1) is 19.0 Å². The summed E-state index contributed by atoms with van der Waals surface area (Å²) in [7, 11) is -2.14. The van der Waals surface area contributed by atoms with E-state index in [1.165, 1.54) is 23.8 Å². The topological polar surface area (TPSA) is 101 Å². The van der Waals surface area contributed by atoms with Crippen molar-refractivity contribution >= 4 is 15.7 Å². The number of benzene rings is 1. The summed E-state index contributed by atoms with van der Waals surface area (Å²) < 4.78 is 31.8. The Morgan fingerprint density at radius 3 is 2.86 bits per heavy atom. The van der Waals surface area contributed by atoms with Gasteiger partial charge in [-0.2, -0.15) is 5.10 Å². The minimum Gasteiger partial charge on any atom is -0.497 e. The van der Waals surface area contributed by atoms with Gasteiger partial charge in [0.1, 0.15) is 10.6 Å². The minimum atomic E-state index is -3.68. The molecule has 8 heteroatoms. The number of H-pyrrole nitrogens is 1. The Balaban J connectivity index is 2.43. The summed E-state index contributed by atoms with van der Waals surface area (Å²) in [5, 5.41) is 6.21. The van der Waals surface area contributed by atoms with Gasteiger partial charge < -0.3 is 10.5 Å². The van der Waals surface area contributed by atoms with Crippen molar-refractivity contribution in [3.05, 3.63) is 36.7 Å². The van der Waals surface area contributed by atoms with Crippen LogP contribution in [0.2, 0.25) is 0 Å². The monoisotopic (exact) mass is 310 g/mol. The van der Waals surface area contributed by atoms with E-state index >= 15 is 0 Å². The summed E-state index contributed by atoms with van der Waals surface area (Å²) in [5.74, 6) is 0.590. The number of methoxy groups -OCH3 is 1. The minimum absolute atomic E-state index is 0.113. The van der Waals surface area contributed by atoms with Crippen LogP contribution in [0.15, 0.2) is 41.6 Å². The highest BCUT2D eigenvalue weighted by Crippen LogP contribution is 2.26. The van der Waals surface area contributed by atoms with Crippen molar-refractivity contribution < 1.29 is 13.2 Å². The molecule has 1 aromatic carbocycles. The number of sulfonamides is 1. The van der Waals surface area contributed by atoms with Crippen LogP contribution < -0.4 is 14.8 Å². The lowest BCUT2D eigenvalue weighted by Gasteiger charge is -2.24. The molecule has 114 valence electrons. The zero-order chi connectivity index (χ0) is 15.3. The van der Waals surface area contributed by atoms with Crippen LogP contribution in [-0.4, -0.2) is 38.8 Å². The third-order valence-electron chi connectivity index (χ3n) is 2.97. The fraction of sp³-hybridized carbons (Fsp3) is 0.308. The molecule has 2 aromatic rings. The molecule has 1 heterocycles. The summed E-state index contributed by atoms with van der Waals surface area (Å²) in [6, 6.07) is 6.90. The van der Waals surface area contributed by atoms with Crippen LogP contribution in [0, 0.1) is 0 Å². The quantitative estimate of drug-likeness (QED) is 0.793. The number of anilines is 1. The van der Waals surface area contributed by atoms with Gasteiger partial charge in [0.25, 0.3) is 10.0 Å². The van der Waals surface area contributed by atoms with Crippen molar-refractivity contribution in [2.45, 2.75) is 11.3 Å². The number of aromatic amines is 1. The van der Waals surface area contributed by atoms with Gasteiger partial charge in [0.15, 0.2) is 0 Å². The third kappa shape index (κ3) is 3.34. The maximum atomic E-state index is 12.7. The first-order valence-electron chi connectivity index (χ1n) is 6.45. The molecular formula is C13H18N4O3S. The van der Waals surface area contributed by atoms with Crippen molar-refractivity contribution in [1.29, 1.82) is 0 Å². The van der Waals surface area contributed by atoms with Crippen molar-refractivity contribution in [3.63, 3.8) is 0 Å². The summed E-state index contributed by atoms with van der Waals surface area (Å²) in [4.78, 5) is 0.113. The van der Waals surface area contributed by atoms with Gasteiger partial charge in [0, 0.05) is 18.8 Å². The van der Waals surface area contributed by atoms with Crippen LogP contribution in [0.5, 0.6) is 5.75 Å². The van der Waals surface area contributed by atoms with Gasteiger partial charge in [-0.3, -0.25) is 9.40 Å².